The molecule has 0 aromatic heterocycles. The second-order valence-electron chi connectivity index (χ2n) is 29.3. The summed E-state index contributed by atoms with van der Waals surface area (Å²) in [6.45, 7) is 16.1. The molecule has 23 heteroatoms. The van der Waals surface area contributed by atoms with Crippen molar-refractivity contribution in [1.29, 1.82) is 0 Å². The molecule has 0 amide bonds. The first-order valence-corrected chi connectivity index (χ1v) is 32.4. The summed E-state index contributed by atoms with van der Waals surface area (Å²) >= 11 is 0. The van der Waals surface area contributed by atoms with E-state index in [-0.39, 0.29) is 176 Å². The van der Waals surface area contributed by atoms with Gasteiger partial charge >= 0.3 is 88.7 Å². The number of fused-ring (bicyclic) bond motifs is 15. The summed E-state index contributed by atoms with van der Waals surface area (Å²) in [4.78, 5) is 98.9. The minimum Gasteiger partial charge on any atom is -0.822 e. The molecule has 19 nitrogen and oxygen atoms in total. The Hall–Kier alpha value is -0.790. The van der Waals surface area contributed by atoms with Crippen molar-refractivity contribution in [3.63, 3.8) is 0 Å². The average Bonchev–Trinajstić information content (AvgIpc) is 1.71. The largest absolute Gasteiger partial charge is 1.00 e. The van der Waals surface area contributed by atoms with Crippen LogP contribution in [0.25, 0.3) is 0 Å². The first kappa shape index (κ1) is 77.2. The number of Topliss-reactive ketones (excluding diaryl/α,β-unsaturated/α-hetero) is 3. The van der Waals surface area contributed by atoms with Gasteiger partial charge in [0.2, 0.25) is 0 Å². The van der Waals surface area contributed by atoms with E-state index in [0.717, 1.165) is 91.2 Å². The van der Waals surface area contributed by atoms with Crippen LogP contribution in [0, 0.1) is 85.8 Å². The summed E-state index contributed by atoms with van der Waals surface area (Å²) in [5, 5.41) is 95.7. The molecule has 0 aliphatic heterocycles. The minimum atomic E-state index is -5.39. The second-order valence-corrected chi connectivity index (χ2v) is 30.2. The van der Waals surface area contributed by atoms with Gasteiger partial charge in [0.1, 0.15) is 36.6 Å². The molecule has 0 aromatic rings. The molecule has 0 saturated heterocycles. The summed E-state index contributed by atoms with van der Waals surface area (Å²) in [5.74, 6) is -0.675. The molecule has 12 rings (SSSR count). The van der Waals surface area contributed by atoms with Gasteiger partial charge in [-0.25, -0.2) is 0 Å². The summed E-state index contributed by atoms with van der Waals surface area (Å²) < 4.78 is 8.55. The fourth-order valence-corrected chi connectivity index (χ4v) is 21.8. The maximum Gasteiger partial charge on any atom is 1.00 e. The van der Waals surface area contributed by atoms with Gasteiger partial charge in [-0.05, 0) is 189 Å². The van der Waals surface area contributed by atoms with Gasteiger partial charge in [0.15, 0.2) is 34.7 Å². The molecule has 10 unspecified atom stereocenters. The van der Waals surface area contributed by atoms with E-state index in [0.29, 0.717) is 38.5 Å². The van der Waals surface area contributed by atoms with Crippen molar-refractivity contribution in [2.75, 3.05) is 19.8 Å². The molecule has 9 saturated carbocycles. The van der Waals surface area contributed by atoms with Gasteiger partial charge in [-0.1, -0.05) is 75.0 Å². The number of allylic oxidation sites excluding steroid dienone is 12. The maximum absolute atomic E-state index is 12.4. The van der Waals surface area contributed by atoms with Crippen molar-refractivity contribution in [2.24, 2.45) is 85.8 Å². The Morgan fingerprint density at radius 2 is 0.663 bits per heavy atom. The van der Waals surface area contributed by atoms with Crippen LogP contribution in [0.5, 0.6) is 0 Å². The van der Waals surface area contributed by atoms with Crippen molar-refractivity contribution in [2.45, 2.75) is 194 Å². The first-order valence-electron chi connectivity index (χ1n) is 31.0. The Balaban J connectivity index is 0.000000201. The molecule has 0 radical (unpaired) electrons. The van der Waals surface area contributed by atoms with Crippen molar-refractivity contribution < 1.29 is 183 Å². The Morgan fingerprint density at radius 3 is 0.865 bits per heavy atom. The summed E-state index contributed by atoms with van der Waals surface area (Å²) in [6.07, 6.45) is 17.5. The van der Waals surface area contributed by atoms with E-state index in [4.69, 9.17) is 19.2 Å². The number of carbonyl (C=O) groups is 6. The molecule has 9 fully saturated rings. The molecule has 12 aliphatic rings. The van der Waals surface area contributed by atoms with Crippen LogP contribution in [0.4, 0.5) is 0 Å². The van der Waals surface area contributed by atoms with Crippen LogP contribution >= 0.6 is 7.82 Å². The van der Waals surface area contributed by atoms with Crippen LogP contribution in [0.3, 0.4) is 0 Å². The van der Waals surface area contributed by atoms with Gasteiger partial charge in [0.25, 0.3) is 0 Å². The Labute approximate surface area is 589 Å². The van der Waals surface area contributed by atoms with E-state index in [9.17, 15) is 74.7 Å². The number of carbonyl (C=O) groups excluding carboxylic acids is 6. The van der Waals surface area contributed by atoms with Crippen LogP contribution in [-0.4, -0.2) is 136 Å². The molecule has 0 bridgehead atoms. The standard InChI is InChI=1S/3C22H30O5.3Na.H3O4P/c3*1-12-8-14(24)9-13-4-5-15-16-6-7-22(27,18(26)11-23)20(16,2)10-17(25)19(15)21(12,13)3;;;;1-5(2,3)4/h3*8-9,15-17,19,23,25,27H,4-7,10-11H2,1-3H3;;;;(H3,1,2,3,4)/q;;;3*+1;/p-3/t2*15?,16?,17?,19?,20-,21-,22-;15-,16?,17?,19+,20+,21+,22+;;;;/m001..../s1. The first-order chi connectivity index (χ1) is 39.8. The van der Waals surface area contributed by atoms with Crippen LogP contribution in [0.2, 0.25) is 0 Å². The zero-order valence-corrected chi connectivity index (χ0v) is 61.1. The van der Waals surface area contributed by atoms with Gasteiger partial charge in [0, 0.05) is 50.2 Å². The molecule has 9 N–H and O–H groups in total. The van der Waals surface area contributed by atoms with Gasteiger partial charge in [-0.2, -0.15) is 7.82 Å². The Kier molecular flexibility index (Phi) is 23.3. The number of phosphoric acid groups is 1. The zero-order chi connectivity index (χ0) is 63.8. The third-order valence-corrected chi connectivity index (χ3v) is 26.4. The van der Waals surface area contributed by atoms with E-state index < -0.39 is 96.4 Å². The number of hydrogen-bond acceptors (Lipinski definition) is 19. The fraction of sp³-hybridized carbons (Fsp3) is 0.727. The molecule has 21 atom stereocenters. The molecule has 12 aliphatic carbocycles. The zero-order valence-electron chi connectivity index (χ0n) is 54.2. The quantitative estimate of drug-likeness (QED) is 0.0883. The van der Waals surface area contributed by atoms with Crippen LogP contribution in [0.1, 0.15) is 159 Å². The van der Waals surface area contributed by atoms with E-state index in [2.05, 4.69) is 20.8 Å². The van der Waals surface area contributed by atoms with E-state index in [1.807, 2.05) is 41.5 Å². The SMILES string of the molecule is CC1=CC(=O)C=C2CCC3C(C(O)C[C@@]4(C)C3CC[C@]4(O)C(=O)CO)[C@@]12C.CC1=CC(=O)C=C2CCC3C(C(O)C[C@@]4(C)C3CC[C@]4(O)C(=O)CO)[C@@]12C.CC1=CC(=O)C=C2CC[C@@H]3C4CC[C@](O)(C(=O)CO)[C@@]4(C)CC(O)[C@H]3[C@@]12C.O=P([O-])([O-])[O-].[Na+].[Na+].[Na+]. The van der Waals surface area contributed by atoms with Crippen molar-refractivity contribution >= 4 is 42.5 Å². The molecular weight excluding hydrogens is 1200 g/mol. The maximum atomic E-state index is 12.4. The molecule has 89 heavy (non-hydrogen) atoms. The smallest absolute Gasteiger partial charge is 0.822 e. The van der Waals surface area contributed by atoms with Crippen LogP contribution < -0.4 is 103 Å². The number of rotatable bonds is 6. The third kappa shape index (κ3) is 11.9. The number of ketones is 6. The Bertz CT molecular complexity index is 2800. The van der Waals surface area contributed by atoms with E-state index in [1.54, 1.807) is 36.5 Å². The van der Waals surface area contributed by atoms with Crippen LogP contribution in [0.15, 0.2) is 69.9 Å². The topological polar surface area (TPSA) is 371 Å². The molecule has 0 spiro atoms. The minimum absolute atomic E-state index is 0. The second kappa shape index (κ2) is 26.9. The molecule has 476 valence electrons. The monoisotopic (exact) mass is 1290 g/mol. The third-order valence-electron chi connectivity index (χ3n) is 26.4. The van der Waals surface area contributed by atoms with Crippen molar-refractivity contribution in [3.05, 3.63) is 69.9 Å². The van der Waals surface area contributed by atoms with Crippen molar-refractivity contribution in [1.82, 2.24) is 0 Å². The van der Waals surface area contributed by atoms with E-state index >= 15 is 0 Å². The number of hydrogen-bond donors (Lipinski definition) is 9. The van der Waals surface area contributed by atoms with Gasteiger partial charge in [0.05, 0.1) is 18.3 Å². The normalized spacial score (nSPS) is 45.2. The molecule has 0 heterocycles. The number of aliphatic hydroxyl groups is 9. The summed E-state index contributed by atoms with van der Waals surface area (Å²) in [6, 6.07) is 0. The fourth-order valence-electron chi connectivity index (χ4n) is 21.8. The molecule has 0 aromatic carbocycles. The van der Waals surface area contributed by atoms with Gasteiger partial charge in [-0.15, -0.1) is 0 Å². The average molecular weight is 1290 g/mol. The predicted octanol–water partition coefficient (Wildman–Crippen LogP) is -5.97. The van der Waals surface area contributed by atoms with Crippen LogP contribution in [-0.2, 0) is 33.3 Å². The summed E-state index contributed by atoms with van der Waals surface area (Å²) in [5.41, 5.74) is -1.60. The van der Waals surface area contributed by atoms with E-state index in [1.165, 1.54) is 0 Å². The van der Waals surface area contributed by atoms with Gasteiger partial charge in [-0.3, -0.25) is 28.8 Å². The molecular formula is C66H90Na3O19P. The summed E-state index contributed by atoms with van der Waals surface area (Å²) in [7, 11) is -5.39. The van der Waals surface area contributed by atoms with Crippen molar-refractivity contribution in [3.8, 4) is 0 Å². The number of aliphatic hydroxyl groups excluding tert-OH is 6. The van der Waals surface area contributed by atoms with Gasteiger partial charge < -0.3 is 65.2 Å². The Morgan fingerprint density at radius 1 is 0.449 bits per heavy atom. The predicted molar refractivity (Wildman–Crippen MR) is 307 cm³/mol.